The maximum absolute atomic E-state index is 12.8. The van der Waals surface area contributed by atoms with Gasteiger partial charge in [-0.1, -0.05) is 0 Å². The molecular weight excluding hydrogens is 378 g/mol. The number of hydrogen-bond acceptors (Lipinski definition) is 6. The minimum absolute atomic E-state index is 0.0298. The van der Waals surface area contributed by atoms with Crippen molar-refractivity contribution in [2.75, 3.05) is 12.4 Å². The summed E-state index contributed by atoms with van der Waals surface area (Å²) in [7, 11) is 1.55. The van der Waals surface area contributed by atoms with Crippen LogP contribution < -0.4 is 10.1 Å². The Hall–Kier alpha value is -2.67. The summed E-state index contributed by atoms with van der Waals surface area (Å²) in [5, 5.41) is 3.33. The topological polar surface area (TPSA) is 81.7 Å². The summed E-state index contributed by atoms with van der Waals surface area (Å²) in [5.74, 6) is -0.312. The SMILES string of the molecule is COc1ccc(C(=O)[C@H](C)OC(=O)c2c(NC(=O)C3CC3)sc(C)c2C)cc1. The smallest absolute Gasteiger partial charge is 0.342 e. The number of thiophene rings is 1. The van der Waals surface area contributed by atoms with Gasteiger partial charge in [0.2, 0.25) is 11.7 Å². The van der Waals surface area contributed by atoms with E-state index in [-0.39, 0.29) is 17.6 Å². The van der Waals surface area contributed by atoms with Crippen molar-refractivity contribution in [2.45, 2.75) is 39.7 Å². The molecule has 1 aliphatic rings. The Morgan fingerprint density at radius 3 is 2.36 bits per heavy atom. The van der Waals surface area contributed by atoms with Crippen LogP contribution in [-0.2, 0) is 9.53 Å². The molecule has 0 bridgehead atoms. The van der Waals surface area contributed by atoms with Crippen LogP contribution in [0.4, 0.5) is 5.00 Å². The quantitative estimate of drug-likeness (QED) is 0.557. The molecule has 1 atom stereocenters. The number of anilines is 1. The summed E-state index contributed by atoms with van der Waals surface area (Å²) in [5.41, 5.74) is 1.51. The second-order valence-electron chi connectivity index (χ2n) is 6.89. The number of rotatable bonds is 7. The molecule has 7 heteroatoms. The predicted molar refractivity (Wildman–Crippen MR) is 107 cm³/mol. The predicted octanol–water partition coefficient (Wildman–Crippen LogP) is 4.15. The number of nitrogens with one attached hydrogen (secondary N) is 1. The van der Waals surface area contributed by atoms with E-state index in [0.29, 0.717) is 21.9 Å². The molecule has 1 aromatic heterocycles. The van der Waals surface area contributed by atoms with Gasteiger partial charge in [0, 0.05) is 16.4 Å². The fourth-order valence-corrected chi connectivity index (χ4v) is 3.83. The standard InChI is InChI=1S/C21H23NO5S/c1-11-13(3)28-20(22-19(24)15-5-6-15)17(11)21(25)27-12(2)18(23)14-7-9-16(26-4)10-8-14/h7-10,12,15H,5-6H2,1-4H3,(H,22,24)/t12-/m0/s1. The summed E-state index contributed by atoms with van der Waals surface area (Å²) in [4.78, 5) is 38.4. The van der Waals surface area contributed by atoms with Gasteiger partial charge in [-0.25, -0.2) is 4.79 Å². The van der Waals surface area contributed by atoms with Gasteiger partial charge in [0.15, 0.2) is 6.10 Å². The first-order valence-electron chi connectivity index (χ1n) is 9.12. The molecule has 6 nitrogen and oxygen atoms in total. The monoisotopic (exact) mass is 401 g/mol. The molecule has 1 aliphatic carbocycles. The van der Waals surface area contributed by atoms with E-state index in [9.17, 15) is 14.4 Å². The number of ether oxygens (including phenoxy) is 2. The number of carbonyl (C=O) groups is 3. The van der Waals surface area contributed by atoms with Gasteiger partial charge in [-0.15, -0.1) is 11.3 Å². The number of Topliss-reactive ketones (excluding diaryl/α,β-unsaturated/α-hetero) is 1. The molecule has 1 heterocycles. The lowest BCUT2D eigenvalue weighted by Crippen LogP contribution is -2.25. The normalized spacial score (nSPS) is 14.3. The lowest BCUT2D eigenvalue weighted by molar-refractivity contribution is -0.117. The van der Waals surface area contributed by atoms with Crippen LogP contribution in [0.5, 0.6) is 5.75 Å². The molecule has 1 fully saturated rings. The zero-order valence-electron chi connectivity index (χ0n) is 16.3. The highest BCUT2D eigenvalue weighted by Crippen LogP contribution is 2.36. The number of amides is 1. The van der Waals surface area contributed by atoms with Crippen molar-refractivity contribution in [1.29, 1.82) is 0 Å². The Morgan fingerprint density at radius 1 is 1.14 bits per heavy atom. The first-order chi connectivity index (χ1) is 13.3. The van der Waals surface area contributed by atoms with Gasteiger partial charge in [-0.2, -0.15) is 0 Å². The van der Waals surface area contributed by atoms with E-state index >= 15 is 0 Å². The van der Waals surface area contributed by atoms with Gasteiger partial charge >= 0.3 is 5.97 Å². The van der Waals surface area contributed by atoms with Crippen LogP contribution in [0.15, 0.2) is 24.3 Å². The Labute approximate surface area is 167 Å². The summed E-state index contributed by atoms with van der Waals surface area (Å²) >= 11 is 1.35. The van der Waals surface area contributed by atoms with E-state index in [4.69, 9.17) is 9.47 Å². The molecule has 0 spiro atoms. The van der Waals surface area contributed by atoms with Crippen LogP contribution in [0.3, 0.4) is 0 Å². The highest BCUT2D eigenvalue weighted by atomic mass is 32.1. The van der Waals surface area contributed by atoms with Crippen molar-refractivity contribution in [1.82, 2.24) is 0 Å². The Bertz CT molecular complexity index is 912. The molecule has 1 amide bonds. The number of esters is 1. The molecule has 0 unspecified atom stereocenters. The van der Waals surface area contributed by atoms with Gasteiger partial charge < -0.3 is 14.8 Å². The number of hydrogen-bond donors (Lipinski definition) is 1. The molecule has 148 valence electrons. The van der Waals surface area contributed by atoms with E-state index in [2.05, 4.69) is 5.32 Å². The average molecular weight is 401 g/mol. The summed E-state index contributed by atoms with van der Waals surface area (Å²) in [6, 6.07) is 6.62. The van der Waals surface area contributed by atoms with Crippen LogP contribution in [0.2, 0.25) is 0 Å². The van der Waals surface area contributed by atoms with E-state index in [1.807, 2.05) is 13.8 Å². The molecule has 28 heavy (non-hydrogen) atoms. The Morgan fingerprint density at radius 2 is 1.79 bits per heavy atom. The van der Waals surface area contributed by atoms with E-state index < -0.39 is 12.1 Å². The second-order valence-corrected chi connectivity index (χ2v) is 8.12. The highest BCUT2D eigenvalue weighted by Gasteiger charge is 2.32. The molecular formula is C21H23NO5S. The van der Waals surface area contributed by atoms with Gasteiger partial charge in [0.1, 0.15) is 10.8 Å². The zero-order valence-corrected chi connectivity index (χ0v) is 17.1. The van der Waals surface area contributed by atoms with Gasteiger partial charge in [-0.05, 0) is 63.4 Å². The lowest BCUT2D eigenvalue weighted by atomic mass is 10.1. The molecule has 0 aliphatic heterocycles. The third-order valence-electron chi connectivity index (χ3n) is 4.80. The second kappa shape index (κ2) is 8.14. The molecule has 0 radical (unpaired) electrons. The minimum Gasteiger partial charge on any atom is -0.497 e. The van der Waals surface area contributed by atoms with Crippen LogP contribution in [0.1, 0.15) is 50.9 Å². The van der Waals surface area contributed by atoms with Crippen molar-refractivity contribution >= 4 is 34.0 Å². The summed E-state index contributed by atoms with van der Waals surface area (Å²) < 4.78 is 10.5. The van der Waals surface area contributed by atoms with E-state index in [1.54, 1.807) is 38.3 Å². The average Bonchev–Trinajstić information content (AvgIpc) is 3.48. The molecule has 1 aromatic carbocycles. The number of aryl methyl sites for hydroxylation is 1. The maximum atomic E-state index is 12.8. The number of carbonyl (C=O) groups excluding carboxylic acids is 3. The number of methoxy groups -OCH3 is 1. The molecule has 0 saturated heterocycles. The van der Waals surface area contributed by atoms with Crippen molar-refractivity contribution in [3.05, 3.63) is 45.8 Å². The third-order valence-corrected chi connectivity index (χ3v) is 5.92. The Kier molecular flexibility index (Phi) is 5.84. The molecule has 1 saturated carbocycles. The third kappa shape index (κ3) is 4.25. The first kappa shape index (κ1) is 20.1. The molecule has 2 aromatic rings. The van der Waals surface area contributed by atoms with Crippen molar-refractivity contribution in [3.63, 3.8) is 0 Å². The fourth-order valence-electron chi connectivity index (χ4n) is 2.78. The van der Waals surface area contributed by atoms with Gasteiger partial charge in [-0.3, -0.25) is 9.59 Å². The Balaban J connectivity index is 1.74. The first-order valence-corrected chi connectivity index (χ1v) is 9.93. The highest BCUT2D eigenvalue weighted by molar-refractivity contribution is 7.16. The molecule has 1 N–H and O–H groups in total. The fraction of sp³-hybridized carbons (Fsp3) is 0.381. The number of benzene rings is 1. The van der Waals surface area contributed by atoms with E-state index in [1.165, 1.54) is 11.3 Å². The minimum atomic E-state index is -0.951. The van der Waals surface area contributed by atoms with Crippen LogP contribution in [-0.4, -0.2) is 30.9 Å². The summed E-state index contributed by atoms with van der Waals surface area (Å²) in [6.45, 7) is 5.24. The van der Waals surface area contributed by atoms with Crippen LogP contribution >= 0.6 is 11.3 Å². The lowest BCUT2D eigenvalue weighted by Gasteiger charge is -2.14. The zero-order chi connectivity index (χ0) is 20.4. The van der Waals surface area contributed by atoms with Crippen LogP contribution in [0.25, 0.3) is 0 Å². The van der Waals surface area contributed by atoms with Gasteiger partial charge in [0.25, 0.3) is 0 Å². The van der Waals surface area contributed by atoms with Crippen molar-refractivity contribution < 1.29 is 23.9 Å². The van der Waals surface area contributed by atoms with Crippen molar-refractivity contribution in [3.8, 4) is 5.75 Å². The van der Waals surface area contributed by atoms with Crippen molar-refractivity contribution in [2.24, 2.45) is 5.92 Å². The number of ketones is 1. The van der Waals surface area contributed by atoms with Gasteiger partial charge in [0.05, 0.1) is 12.7 Å². The maximum Gasteiger partial charge on any atom is 0.342 e. The molecule has 3 rings (SSSR count). The van der Waals surface area contributed by atoms with Crippen LogP contribution in [0, 0.1) is 19.8 Å². The largest absolute Gasteiger partial charge is 0.497 e. The van der Waals surface area contributed by atoms with E-state index in [0.717, 1.165) is 23.3 Å². The summed E-state index contributed by atoms with van der Waals surface area (Å²) in [6.07, 6.45) is 0.803.